The number of thioether (sulfide) groups is 1. The SMILES string of the molecule is CC(C)(C)c1ccc(C(=O)Nc2ccc3nc(SCC(=O)c4ccc(-c5ccccc5)cc4)sc3c2)cc1. The summed E-state index contributed by atoms with van der Waals surface area (Å²) in [6, 6.07) is 31.3. The van der Waals surface area contributed by atoms with Crippen LogP contribution in [0.25, 0.3) is 21.3 Å². The number of fused-ring (bicyclic) bond motifs is 1. The second-order valence-electron chi connectivity index (χ2n) is 10.1. The van der Waals surface area contributed by atoms with Gasteiger partial charge < -0.3 is 5.32 Å². The molecule has 4 nitrogen and oxygen atoms in total. The van der Waals surface area contributed by atoms with Gasteiger partial charge in [-0.05, 0) is 52.4 Å². The first-order valence-electron chi connectivity index (χ1n) is 12.4. The van der Waals surface area contributed by atoms with Crippen LogP contribution in [0.15, 0.2) is 101 Å². The second kappa shape index (κ2) is 10.9. The van der Waals surface area contributed by atoms with E-state index in [1.54, 1.807) is 0 Å². The van der Waals surface area contributed by atoms with E-state index in [9.17, 15) is 9.59 Å². The van der Waals surface area contributed by atoms with Gasteiger partial charge in [0.05, 0.1) is 16.0 Å². The lowest BCUT2D eigenvalue weighted by Crippen LogP contribution is -2.14. The molecule has 0 aliphatic heterocycles. The number of thiazole rings is 1. The topological polar surface area (TPSA) is 59.1 Å². The Morgan fingerprint density at radius 2 is 1.47 bits per heavy atom. The summed E-state index contributed by atoms with van der Waals surface area (Å²) >= 11 is 2.96. The molecule has 0 atom stereocenters. The number of ketones is 1. The van der Waals surface area contributed by atoms with Gasteiger partial charge in [-0.2, -0.15) is 0 Å². The fourth-order valence-corrected chi connectivity index (χ4v) is 6.06. The molecule has 6 heteroatoms. The molecule has 5 rings (SSSR count). The standard InChI is InChI=1S/C32H28N2O2S2/c1-32(2,3)25-15-13-24(14-16-25)30(36)33-26-17-18-27-29(19-26)38-31(34-27)37-20-28(35)23-11-9-22(10-12-23)21-7-5-4-6-8-21/h4-19H,20H2,1-3H3,(H,33,36). The highest BCUT2D eigenvalue weighted by atomic mass is 32.2. The number of Topliss-reactive ketones (excluding diaryl/α,β-unsaturated/α-hetero) is 1. The number of carbonyl (C=O) groups is 2. The molecule has 0 saturated carbocycles. The van der Waals surface area contributed by atoms with E-state index in [4.69, 9.17) is 0 Å². The van der Waals surface area contributed by atoms with Crippen molar-refractivity contribution in [3.8, 4) is 11.1 Å². The summed E-state index contributed by atoms with van der Waals surface area (Å²) in [5.74, 6) is 0.241. The number of benzene rings is 4. The van der Waals surface area contributed by atoms with Crippen molar-refractivity contribution in [1.82, 2.24) is 4.98 Å². The summed E-state index contributed by atoms with van der Waals surface area (Å²) in [7, 11) is 0. The molecule has 1 aromatic heterocycles. The van der Waals surface area contributed by atoms with Crippen molar-refractivity contribution < 1.29 is 9.59 Å². The van der Waals surface area contributed by atoms with E-state index in [1.807, 2.05) is 84.9 Å². The highest BCUT2D eigenvalue weighted by Crippen LogP contribution is 2.32. The minimum atomic E-state index is -0.146. The Balaban J connectivity index is 1.21. The first-order valence-corrected chi connectivity index (χ1v) is 14.2. The van der Waals surface area contributed by atoms with Crippen LogP contribution in [0.4, 0.5) is 5.69 Å². The molecule has 1 amide bonds. The highest BCUT2D eigenvalue weighted by molar-refractivity contribution is 8.01. The molecule has 190 valence electrons. The zero-order chi connectivity index (χ0) is 26.7. The van der Waals surface area contributed by atoms with Crippen LogP contribution in [0.1, 0.15) is 47.1 Å². The quantitative estimate of drug-likeness (QED) is 0.167. The van der Waals surface area contributed by atoms with E-state index >= 15 is 0 Å². The number of amides is 1. The maximum absolute atomic E-state index is 12.8. The molecule has 0 fully saturated rings. The van der Waals surface area contributed by atoms with Crippen molar-refractivity contribution in [3.05, 3.63) is 114 Å². The van der Waals surface area contributed by atoms with Crippen molar-refractivity contribution >= 4 is 50.7 Å². The van der Waals surface area contributed by atoms with Gasteiger partial charge in [0, 0.05) is 16.8 Å². The van der Waals surface area contributed by atoms with Gasteiger partial charge in [0.15, 0.2) is 10.1 Å². The monoisotopic (exact) mass is 536 g/mol. The predicted octanol–water partition coefficient (Wildman–Crippen LogP) is 8.49. The second-order valence-corrected chi connectivity index (χ2v) is 12.4. The van der Waals surface area contributed by atoms with Gasteiger partial charge in [-0.25, -0.2) is 4.98 Å². The maximum Gasteiger partial charge on any atom is 0.255 e. The van der Waals surface area contributed by atoms with Crippen molar-refractivity contribution in [2.75, 3.05) is 11.1 Å². The van der Waals surface area contributed by atoms with Crippen LogP contribution >= 0.6 is 23.1 Å². The number of hydrogen-bond acceptors (Lipinski definition) is 5. The molecule has 0 unspecified atom stereocenters. The van der Waals surface area contributed by atoms with Gasteiger partial charge in [-0.15, -0.1) is 11.3 Å². The molecule has 1 heterocycles. The van der Waals surface area contributed by atoms with Gasteiger partial charge in [-0.3, -0.25) is 9.59 Å². The first-order chi connectivity index (χ1) is 18.3. The summed E-state index contributed by atoms with van der Waals surface area (Å²) in [6.45, 7) is 6.45. The van der Waals surface area contributed by atoms with Gasteiger partial charge >= 0.3 is 0 Å². The predicted molar refractivity (Wildman–Crippen MR) is 160 cm³/mol. The van der Waals surface area contributed by atoms with E-state index in [0.29, 0.717) is 16.9 Å². The van der Waals surface area contributed by atoms with Crippen molar-refractivity contribution in [2.24, 2.45) is 0 Å². The first kappa shape index (κ1) is 25.9. The minimum absolute atomic E-state index is 0.0412. The highest BCUT2D eigenvalue weighted by Gasteiger charge is 2.15. The third-order valence-electron chi connectivity index (χ3n) is 6.28. The minimum Gasteiger partial charge on any atom is -0.322 e. The lowest BCUT2D eigenvalue weighted by atomic mass is 9.87. The number of rotatable bonds is 7. The molecular weight excluding hydrogens is 508 g/mol. The van der Waals surface area contributed by atoms with Crippen LogP contribution in [-0.2, 0) is 5.41 Å². The van der Waals surface area contributed by atoms with Crippen LogP contribution in [0.2, 0.25) is 0 Å². The van der Waals surface area contributed by atoms with E-state index in [-0.39, 0.29) is 17.1 Å². The summed E-state index contributed by atoms with van der Waals surface area (Å²) in [4.78, 5) is 30.2. The largest absolute Gasteiger partial charge is 0.322 e. The Morgan fingerprint density at radius 3 is 2.16 bits per heavy atom. The number of carbonyl (C=O) groups excluding carboxylic acids is 2. The molecule has 38 heavy (non-hydrogen) atoms. The van der Waals surface area contributed by atoms with E-state index in [1.165, 1.54) is 28.7 Å². The van der Waals surface area contributed by atoms with E-state index < -0.39 is 0 Å². The summed E-state index contributed by atoms with van der Waals surface area (Å²) in [5.41, 5.74) is 6.33. The van der Waals surface area contributed by atoms with Crippen LogP contribution in [-0.4, -0.2) is 22.4 Å². The number of nitrogens with one attached hydrogen (secondary N) is 1. The van der Waals surface area contributed by atoms with Gasteiger partial charge in [-0.1, -0.05) is 99.3 Å². The van der Waals surface area contributed by atoms with Crippen LogP contribution in [0, 0.1) is 0 Å². The van der Waals surface area contributed by atoms with Crippen molar-refractivity contribution in [1.29, 1.82) is 0 Å². The Bertz CT molecular complexity index is 1580. The van der Waals surface area contributed by atoms with Crippen LogP contribution in [0.5, 0.6) is 0 Å². The Labute approximate surface area is 231 Å². The zero-order valence-corrected chi connectivity index (χ0v) is 23.2. The molecular formula is C32H28N2O2S2. The van der Waals surface area contributed by atoms with E-state index in [2.05, 4.69) is 43.2 Å². The van der Waals surface area contributed by atoms with Gasteiger partial charge in [0.25, 0.3) is 5.91 Å². The van der Waals surface area contributed by atoms with Gasteiger partial charge in [0.2, 0.25) is 0 Å². The molecule has 0 aliphatic carbocycles. The van der Waals surface area contributed by atoms with Crippen molar-refractivity contribution in [3.63, 3.8) is 0 Å². The summed E-state index contributed by atoms with van der Waals surface area (Å²) in [5, 5.41) is 2.98. The number of aromatic nitrogens is 1. The summed E-state index contributed by atoms with van der Waals surface area (Å²) in [6.07, 6.45) is 0. The van der Waals surface area contributed by atoms with Crippen molar-refractivity contribution in [2.45, 2.75) is 30.5 Å². The van der Waals surface area contributed by atoms with Crippen LogP contribution in [0.3, 0.4) is 0 Å². The fraction of sp³-hybridized carbons (Fsp3) is 0.156. The third kappa shape index (κ3) is 6.04. The van der Waals surface area contributed by atoms with Gasteiger partial charge in [0.1, 0.15) is 0 Å². The summed E-state index contributed by atoms with van der Waals surface area (Å²) < 4.78 is 1.79. The molecule has 0 aliphatic rings. The molecule has 0 saturated heterocycles. The van der Waals surface area contributed by atoms with Crippen LogP contribution < -0.4 is 5.32 Å². The average molecular weight is 537 g/mol. The molecule has 0 bridgehead atoms. The Kier molecular flexibility index (Phi) is 7.45. The molecule has 0 radical (unpaired) electrons. The number of nitrogens with zero attached hydrogens (tertiary/aromatic N) is 1. The number of anilines is 1. The zero-order valence-electron chi connectivity index (χ0n) is 21.5. The molecule has 5 aromatic rings. The Hall–Kier alpha value is -3.74. The lowest BCUT2D eigenvalue weighted by Gasteiger charge is -2.19. The normalized spacial score (nSPS) is 11.4. The molecule has 4 aromatic carbocycles. The smallest absolute Gasteiger partial charge is 0.255 e. The average Bonchev–Trinajstić information content (AvgIpc) is 3.34. The number of hydrogen-bond donors (Lipinski definition) is 1. The third-order valence-corrected chi connectivity index (χ3v) is 8.44. The lowest BCUT2D eigenvalue weighted by molar-refractivity contribution is 0.101. The molecule has 1 N–H and O–H groups in total. The fourth-order valence-electron chi connectivity index (χ4n) is 4.06. The maximum atomic E-state index is 12.8. The Morgan fingerprint density at radius 1 is 0.816 bits per heavy atom. The van der Waals surface area contributed by atoms with E-state index in [0.717, 1.165) is 31.4 Å². The molecule has 0 spiro atoms.